The predicted octanol–water partition coefficient (Wildman–Crippen LogP) is 3.94. The molecule has 1 amide bonds. The number of anilines is 1. The van der Waals surface area contributed by atoms with E-state index < -0.39 is 0 Å². The lowest BCUT2D eigenvalue weighted by molar-refractivity contribution is -0.124. The van der Waals surface area contributed by atoms with E-state index in [1.165, 1.54) is 6.07 Å². The molecule has 0 heterocycles. The minimum absolute atomic E-state index is 0.0180. The largest absolute Gasteiger partial charge is 0.375 e. The topological polar surface area (TPSA) is 32.3 Å². The molecule has 0 aromatic heterocycles. The van der Waals surface area contributed by atoms with E-state index in [-0.39, 0.29) is 17.6 Å². The van der Waals surface area contributed by atoms with E-state index in [4.69, 9.17) is 0 Å². The highest BCUT2D eigenvalue weighted by Gasteiger charge is 2.13. The number of hydrogen-bond acceptors (Lipinski definition) is 3. The number of amides is 1. The third-order valence-corrected chi connectivity index (χ3v) is 4.92. The van der Waals surface area contributed by atoms with E-state index in [1.807, 2.05) is 43.3 Å². The van der Waals surface area contributed by atoms with Crippen LogP contribution in [0.5, 0.6) is 0 Å². The van der Waals surface area contributed by atoms with Gasteiger partial charge in [0.2, 0.25) is 5.91 Å². The van der Waals surface area contributed by atoms with Crippen molar-refractivity contribution in [3.63, 3.8) is 0 Å². The van der Waals surface area contributed by atoms with Crippen molar-refractivity contribution >= 4 is 23.4 Å². The van der Waals surface area contributed by atoms with E-state index >= 15 is 0 Å². The van der Waals surface area contributed by atoms with Gasteiger partial charge in [0.1, 0.15) is 5.82 Å². The van der Waals surface area contributed by atoms with Gasteiger partial charge in [0.05, 0.1) is 5.69 Å². The lowest BCUT2D eigenvalue weighted by atomic mass is 10.1. The number of benzene rings is 2. The Hall–Kier alpha value is -2.01. The predicted molar refractivity (Wildman–Crippen MR) is 98.9 cm³/mol. The van der Waals surface area contributed by atoms with Gasteiger partial charge in [-0.25, -0.2) is 4.39 Å². The van der Waals surface area contributed by atoms with Crippen molar-refractivity contribution in [2.45, 2.75) is 18.4 Å². The first-order valence-electron chi connectivity index (χ1n) is 7.88. The molecule has 0 aliphatic rings. The van der Waals surface area contributed by atoms with Crippen molar-refractivity contribution in [3.05, 3.63) is 59.9 Å². The molecule has 0 aliphatic heterocycles. The third-order valence-electron chi connectivity index (χ3n) is 3.65. The van der Waals surface area contributed by atoms with Crippen LogP contribution in [0.3, 0.4) is 0 Å². The molecule has 0 aliphatic carbocycles. The summed E-state index contributed by atoms with van der Waals surface area (Å²) in [4.78, 5) is 15.0. The maximum absolute atomic E-state index is 13.9. The number of nitrogens with one attached hydrogen (secondary N) is 1. The summed E-state index contributed by atoms with van der Waals surface area (Å²) >= 11 is 1.66. The van der Waals surface area contributed by atoms with Crippen molar-refractivity contribution in [2.75, 3.05) is 24.7 Å². The highest BCUT2D eigenvalue weighted by molar-refractivity contribution is 7.99. The van der Waals surface area contributed by atoms with Gasteiger partial charge in [0.15, 0.2) is 0 Å². The molecule has 0 radical (unpaired) electrons. The normalized spacial score (nSPS) is 11.8. The molecule has 1 N–H and O–H groups in total. The average Bonchev–Trinajstić information content (AvgIpc) is 2.58. The number of carbonyl (C=O) groups is 1. The van der Waals surface area contributed by atoms with Crippen molar-refractivity contribution in [1.82, 2.24) is 5.32 Å². The monoisotopic (exact) mass is 346 g/mol. The molecular weight excluding hydrogens is 323 g/mol. The van der Waals surface area contributed by atoms with Crippen LogP contribution < -0.4 is 10.2 Å². The molecule has 0 fully saturated rings. The molecule has 0 saturated carbocycles. The number of carbonyl (C=O) groups excluding carboxylic acids is 1. The van der Waals surface area contributed by atoms with Gasteiger partial charge in [-0.2, -0.15) is 0 Å². The van der Waals surface area contributed by atoms with Gasteiger partial charge in [0, 0.05) is 37.2 Å². The van der Waals surface area contributed by atoms with Crippen LogP contribution in [0.15, 0.2) is 53.4 Å². The van der Waals surface area contributed by atoms with Gasteiger partial charge < -0.3 is 10.2 Å². The average molecular weight is 346 g/mol. The molecule has 24 heavy (non-hydrogen) atoms. The Kier molecular flexibility index (Phi) is 6.67. The summed E-state index contributed by atoms with van der Waals surface area (Å²) in [5.74, 6) is 0.306. The number of rotatable bonds is 7. The van der Waals surface area contributed by atoms with Crippen molar-refractivity contribution in [1.29, 1.82) is 0 Å². The van der Waals surface area contributed by atoms with Crippen LogP contribution in [-0.2, 0) is 11.3 Å². The van der Waals surface area contributed by atoms with Gasteiger partial charge >= 0.3 is 0 Å². The summed E-state index contributed by atoms with van der Waals surface area (Å²) in [5, 5.41) is 2.88. The Balaban J connectivity index is 1.83. The summed E-state index contributed by atoms with van der Waals surface area (Å²) < 4.78 is 13.9. The Bertz CT molecular complexity index is 676. The molecule has 2 rings (SSSR count). The smallest absolute Gasteiger partial charge is 0.223 e. The minimum Gasteiger partial charge on any atom is -0.375 e. The van der Waals surface area contributed by atoms with Gasteiger partial charge in [0.25, 0.3) is 0 Å². The molecule has 1 unspecified atom stereocenters. The Morgan fingerprint density at radius 2 is 1.92 bits per heavy atom. The Morgan fingerprint density at radius 1 is 1.21 bits per heavy atom. The zero-order chi connectivity index (χ0) is 17.5. The van der Waals surface area contributed by atoms with E-state index in [9.17, 15) is 9.18 Å². The van der Waals surface area contributed by atoms with Gasteiger partial charge in [-0.3, -0.25) is 4.79 Å². The van der Waals surface area contributed by atoms with Crippen LogP contribution in [0.4, 0.5) is 10.1 Å². The molecular formula is C19H23FN2OS. The zero-order valence-corrected chi connectivity index (χ0v) is 15.1. The summed E-state index contributed by atoms with van der Waals surface area (Å²) in [7, 11) is 3.60. The molecule has 1 atom stereocenters. The van der Waals surface area contributed by atoms with Crippen LogP contribution in [0.1, 0.15) is 12.5 Å². The highest BCUT2D eigenvalue weighted by Crippen LogP contribution is 2.21. The van der Waals surface area contributed by atoms with E-state index in [1.54, 1.807) is 36.8 Å². The summed E-state index contributed by atoms with van der Waals surface area (Å²) in [6, 6.07) is 15.0. The van der Waals surface area contributed by atoms with Crippen LogP contribution in [0.25, 0.3) is 0 Å². The lowest BCUT2D eigenvalue weighted by Gasteiger charge is -2.15. The second-order valence-corrected chi connectivity index (χ2v) is 7.02. The molecule has 5 heteroatoms. The van der Waals surface area contributed by atoms with Crippen molar-refractivity contribution in [3.8, 4) is 0 Å². The quantitative estimate of drug-likeness (QED) is 0.771. The molecule has 2 aromatic rings. The number of hydrogen-bond donors (Lipinski definition) is 1. The van der Waals surface area contributed by atoms with Gasteiger partial charge in [-0.05, 0) is 29.8 Å². The minimum atomic E-state index is -0.278. The van der Waals surface area contributed by atoms with E-state index in [2.05, 4.69) is 5.32 Å². The van der Waals surface area contributed by atoms with Crippen molar-refractivity contribution in [2.24, 2.45) is 5.92 Å². The Morgan fingerprint density at radius 3 is 2.54 bits per heavy atom. The zero-order valence-electron chi connectivity index (χ0n) is 14.3. The standard InChI is InChI=1S/C19H23FN2OS/c1-14(13-24-16-7-5-4-6-8-16)19(23)21-12-15-9-10-18(22(2)3)17(20)11-15/h4-11,14H,12-13H2,1-3H3,(H,21,23). The lowest BCUT2D eigenvalue weighted by Crippen LogP contribution is -2.30. The molecule has 3 nitrogen and oxygen atoms in total. The van der Waals surface area contributed by atoms with Crippen molar-refractivity contribution < 1.29 is 9.18 Å². The summed E-state index contributed by atoms with van der Waals surface area (Å²) in [6.45, 7) is 2.24. The first-order chi connectivity index (χ1) is 11.5. The Labute approximate surface area is 147 Å². The molecule has 0 bridgehead atoms. The summed E-state index contributed by atoms with van der Waals surface area (Å²) in [5.41, 5.74) is 1.30. The fourth-order valence-corrected chi connectivity index (χ4v) is 3.14. The van der Waals surface area contributed by atoms with Crippen LogP contribution >= 0.6 is 11.8 Å². The fraction of sp³-hybridized carbons (Fsp3) is 0.316. The molecule has 0 spiro atoms. The van der Waals surface area contributed by atoms with Crippen LogP contribution in [0.2, 0.25) is 0 Å². The second kappa shape index (κ2) is 8.73. The van der Waals surface area contributed by atoms with E-state index in [0.29, 0.717) is 18.0 Å². The highest BCUT2D eigenvalue weighted by atomic mass is 32.2. The molecule has 2 aromatic carbocycles. The van der Waals surface area contributed by atoms with Crippen LogP contribution in [-0.4, -0.2) is 25.8 Å². The maximum Gasteiger partial charge on any atom is 0.223 e. The van der Waals surface area contributed by atoms with E-state index in [0.717, 1.165) is 10.5 Å². The van der Waals surface area contributed by atoms with Gasteiger partial charge in [-0.1, -0.05) is 31.2 Å². The SMILES string of the molecule is CC(CSc1ccccc1)C(=O)NCc1ccc(N(C)C)c(F)c1. The molecule has 0 saturated heterocycles. The number of halogens is 1. The second-order valence-electron chi connectivity index (χ2n) is 5.92. The maximum atomic E-state index is 13.9. The first kappa shape index (κ1) is 18.3. The third kappa shape index (κ3) is 5.27. The number of thioether (sulfide) groups is 1. The van der Waals surface area contributed by atoms with Gasteiger partial charge in [-0.15, -0.1) is 11.8 Å². The fourth-order valence-electron chi connectivity index (χ4n) is 2.20. The van der Waals surface area contributed by atoms with Crippen LogP contribution in [0, 0.1) is 11.7 Å². The molecule has 128 valence electrons. The summed E-state index contributed by atoms with van der Waals surface area (Å²) in [6.07, 6.45) is 0. The number of nitrogens with zero attached hydrogens (tertiary/aromatic N) is 1. The first-order valence-corrected chi connectivity index (χ1v) is 8.87.